The molecule has 0 radical (unpaired) electrons. The number of rotatable bonds is 4. The van der Waals surface area contributed by atoms with Crippen LogP contribution in [-0.4, -0.2) is 41.0 Å². The minimum atomic E-state index is -1.14. The lowest BCUT2D eigenvalue weighted by molar-refractivity contribution is -0.384. The number of carbonyl (C=O) groups is 2. The van der Waals surface area contributed by atoms with Crippen molar-refractivity contribution >= 4 is 39.2 Å². The maximum Gasteiger partial charge on any atom is 0.305 e. The Labute approximate surface area is 128 Å². The molecule has 1 aromatic carbocycles. The van der Waals surface area contributed by atoms with E-state index in [1.807, 2.05) is 0 Å². The van der Waals surface area contributed by atoms with E-state index in [0.717, 1.165) is 0 Å². The van der Waals surface area contributed by atoms with Gasteiger partial charge in [-0.15, -0.1) is 0 Å². The van der Waals surface area contributed by atoms with Gasteiger partial charge in [0.1, 0.15) is 11.7 Å². The average Bonchev–Trinajstić information content (AvgIpc) is 2.40. The van der Waals surface area contributed by atoms with Crippen molar-refractivity contribution in [2.75, 3.05) is 18.0 Å². The van der Waals surface area contributed by atoms with Crippen molar-refractivity contribution in [1.82, 2.24) is 5.32 Å². The van der Waals surface area contributed by atoms with E-state index >= 15 is 0 Å². The molecule has 0 aliphatic carbocycles. The zero-order valence-corrected chi connectivity index (χ0v) is 12.4. The molecule has 0 bridgehead atoms. The molecule has 21 heavy (non-hydrogen) atoms. The summed E-state index contributed by atoms with van der Waals surface area (Å²) in [4.78, 5) is 34.9. The number of benzene rings is 1. The Balaban J connectivity index is 2.46. The second-order valence-corrected chi connectivity index (χ2v) is 5.40. The quantitative estimate of drug-likeness (QED) is 0.617. The maximum absolute atomic E-state index is 11.9. The fourth-order valence-corrected chi connectivity index (χ4v) is 2.60. The van der Waals surface area contributed by atoms with E-state index in [9.17, 15) is 19.7 Å². The third-order valence-electron chi connectivity index (χ3n) is 3.14. The summed E-state index contributed by atoms with van der Waals surface area (Å²) in [5, 5.41) is 22.6. The van der Waals surface area contributed by atoms with Crippen molar-refractivity contribution in [2.45, 2.75) is 12.5 Å². The molecule has 2 N–H and O–H groups in total. The van der Waals surface area contributed by atoms with Gasteiger partial charge in [0.15, 0.2) is 0 Å². The number of carboxylic acid groups (broad SMARTS) is 1. The Morgan fingerprint density at radius 3 is 2.90 bits per heavy atom. The zero-order valence-electron chi connectivity index (χ0n) is 10.8. The highest BCUT2D eigenvalue weighted by atomic mass is 79.9. The second kappa shape index (κ2) is 6.08. The number of carboxylic acids is 1. The summed E-state index contributed by atoms with van der Waals surface area (Å²) >= 11 is 3.23. The van der Waals surface area contributed by atoms with Gasteiger partial charge in [0.25, 0.3) is 5.69 Å². The Morgan fingerprint density at radius 2 is 2.29 bits per heavy atom. The Bertz CT molecular complexity index is 607. The molecule has 1 unspecified atom stereocenters. The maximum atomic E-state index is 11.9. The van der Waals surface area contributed by atoms with Crippen molar-refractivity contribution in [3.63, 3.8) is 0 Å². The van der Waals surface area contributed by atoms with Crippen molar-refractivity contribution in [2.24, 2.45) is 0 Å². The molecule has 1 saturated heterocycles. The molecule has 1 aliphatic rings. The van der Waals surface area contributed by atoms with Gasteiger partial charge in [0.2, 0.25) is 5.91 Å². The van der Waals surface area contributed by atoms with Gasteiger partial charge in [0, 0.05) is 23.6 Å². The van der Waals surface area contributed by atoms with E-state index in [2.05, 4.69) is 21.2 Å². The van der Waals surface area contributed by atoms with E-state index in [0.29, 0.717) is 17.6 Å². The van der Waals surface area contributed by atoms with Crippen LogP contribution in [0, 0.1) is 10.1 Å². The van der Waals surface area contributed by atoms with Crippen LogP contribution < -0.4 is 10.2 Å². The van der Waals surface area contributed by atoms with Crippen LogP contribution in [0.2, 0.25) is 0 Å². The van der Waals surface area contributed by atoms with Gasteiger partial charge in [-0.25, -0.2) is 0 Å². The third-order valence-corrected chi connectivity index (χ3v) is 3.64. The number of nitrogens with one attached hydrogen (secondary N) is 1. The predicted molar refractivity (Wildman–Crippen MR) is 77.2 cm³/mol. The molecule has 0 aromatic heterocycles. The molecule has 2 rings (SSSR count). The lowest BCUT2D eigenvalue weighted by Gasteiger charge is -2.35. The monoisotopic (exact) mass is 357 g/mol. The molecule has 112 valence electrons. The highest BCUT2D eigenvalue weighted by molar-refractivity contribution is 9.10. The number of piperazine rings is 1. The van der Waals surface area contributed by atoms with Crippen LogP contribution in [0.25, 0.3) is 0 Å². The second-order valence-electron chi connectivity index (χ2n) is 4.49. The van der Waals surface area contributed by atoms with Crippen LogP contribution in [0.3, 0.4) is 0 Å². The number of nitro groups is 1. The minimum absolute atomic E-state index is 0.164. The van der Waals surface area contributed by atoms with Crippen LogP contribution in [0.4, 0.5) is 11.4 Å². The lowest BCUT2D eigenvalue weighted by atomic mass is 10.1. The van der Waals surface area contributed by atoms with E-state index in [1.54, 1.807) is 0 Å². The minimum Gasteiger partial charge on any atom is -0.481 e. The molecule has 1 fully saturated rings. The topological polar surface area (TPSA) is 113 Å². The van der Waals surface area contributed by atoms with Gasteiger partial charge in [-0.2, -0.15) is 0 Å². The summed E-state index contributed by atoms with van der Waals surface area (Å²) < 4.78 is 0.614. The van der Waals surface area contributed by atoms with Gasteiger partial charge in [-0.05, 0) is 12.1 Å². The fourth-order valence-electron chi connectivity index (χ4n) is 2.25. The standard InChI is InChI=1S/C12H12BrN3O5/c13-7-1-2-8(16(20)21)9(5-7)15-4-3-14-12(19)10(15)6-11(17)18/h1-2,5,10H,3-4,6H2,(H,14,19)(H,17,18). The zero-order chi connectivity index (χ0) is 15.6. The summed E-state index contributed by atoms with van der Waals surface area (Å²) in [5.41, 5.74) is 0.0683. The summed E-state index contributed by atoms with van der Waals surface area (Å²) in [6.45, 7) is 0.611. The first-order valence-electron chi connectivity index (χ1n) is 6.10. The smallest absolute Gasteiger partial charge is 0.305 e. The van der Waals surface area contributed by atoms with Crippen LogP contribution in [-0.2, 0) is 9.59 Å². The number of hydrogen-bond acceptors (Lipinski definition) is 5. The number of carbonyl (C=O) groups excluding carboxylic acids is 1. The Hall–Kier alpha value is -2.16. The molecule has 0 spiro atoms. The van der Waals surface area contributed by atoms with Gasteiger partial charge < -0.3 is 15.3 Å². The van der Waals surface area contributed by atoms with Crippen molar-refractivity contribution in [1.29, 1.82) is 0 Å². The van der Waals surface area contributed by atoms with Gasteiger partial charge in [-0.1, -0.05) is 15.9 Å². The molecule has 1 aromatic rings. The highest BCUT2D eigenvalue weighted by Gasteiger charge is 2.35. The fraction of sp³-hybridized carbons (Fsp3) is 0.333. The number of aliphatic carboxylic acids is 1. The number of nitro benzene ring substituents is 1. The van der Waals surface area contributed by atoms with E-state index in [4.69, 9.17) is 5.11 Å². The summed E-state index contributed by atoms with van der Waals surface area (Å²) in [6, 6.07) is 3.40. The first-order chi connectivity index (χ1) is 9.90. The molecule has 1 amide bonds. The van der Waals surface area contributed by atoms with Crippen molar-refractivity contribution in [3.8, 4) is 0 Å². The van der Waals surface area contributed by atoms with Gasteiger partial charge in [-0.3, -0.25) is 19.7 Å². The largest absolute Gasteiger partial charge is 0.481 e. The van der Waals surface area contributed by atoms with Gasteiger partial charge in [0.05, 0.1) is 11.3 Å². The molecule has 1 atom stereocenters. The SMILES string of the molecule is O=C(O)CC1C(=O)NCCN1c1cc(Br)ccc1[N+](=O)[O-]. The van der Waals surface area contributed by atoms with E-state index < -0.39 is 29.3 Å². The average molecular weight is 358 g/mol. The number of nitrogens with zero attached hydrogens (tertiary/aromatic N) is 2. The predicted octanol–water partition coefficient (Wildman–Crippen LogP) is 1.14. The van der Waals surface area contributed by atoms with Crippen LogP contribution in [0.1, 0.15) is 6.42 Å². The van der Waals surface area contributed by atoms with Crippen molar-refractivity contribution in [3.05, 3.63) is 32.8 Å². The van der Waals surface area contributed by atoms with Crippen LogP contribution >= 0.6 is 15.9 Å². The third kappa shape index (κ3) is 3.30. The lowest BCUT2D eigenvalue weighted by Crippen LogP contribution is -2.56. The number of halogens is 1. The van der Waals surface area contributed by atoms with E-state index in [1.165, 1.54) is 23.1 Å². The number of amides is 1. The molecule has 1 aliphatic heterocycles. The molecular formula is C12H12BrN3O5. The summed E-state index contributed by atoms with van der Waals surface area (Å²) in [7, 11) is 0. The first kappa shape index (κ1) is 15.2. The number of hydrogen-bond donors (Lipinski definition) is 2. The molecule has 9 heteroatoms. The molecular weight excluding hydrogens is 346 g/mol. The number of anilines is 1. The normalized spacial score (nSPS) is 18.2. The molecule has 8 nitrogen and oxygen atoms in total. The first-order valence-corrected chi connectivity index (χ1v) is 6.89. The van der Waals surface area contributed by atoms with E-state index in [-0.39, 0.29) is 11.4 Å². The summed E-state index contributed by atoms with van der Waals surface area (Å²) in [5.74, 6) is -1.59. The van der Waals surface area contributed by atoms with Crippen molar-refractivity contribution < 1.29 is 19.6 Å². The molecule has 1 heterocycles. The van der Waals surface area contributed by atoms with Crippen LogP contribution in [0.5, 0.6) is 0 Å². The highest BCUT2D eigenvalue weighted by Crippen LogP contribution is 2.33. The molecule has 0 saturated carbocycles. The van der Waals surface area contributed by atoms with Crippen LogP contribution in [0.15, 0.2) is 22.7 Å². The summed E-state index contributed by atoms with van der Waals surface area (Å²) in [6.07, 6.45) is -0.421. The van der Waals surface area contributed by atoms with Gasteiger partial charge >= 0.3 is 5.97 Å². The Kier molecular flexibility index (Phi) is 4.41. The Morgan fingerprint density at radius 1 is 1.57 bits per heavy atom.